The third-order valence-electron chi connectivity index (χ3n) is 2.62. The number of hydrogen-bond donors (Lipinski definition) is 0. The predicted octanol–water partition coefficient (Wildman–Crippen LogP) is 3.33. The highest BCUT2D eigenvalue weighted by Gasteiger charge is 2.17. The van der Waals surface area contributed by atoms with E-state index < -0.39 is 5.92 Å². The van der Waals surface area contributed by atoms with Crippen LogP contribution < -0.4 is 0 Å². The van der Waals surface area contributed by atoms with Gasteiger partial charge in [-0.1, -0.05) is 45.0 Å². The topological polar surface area (TPSA) is 40.9 Å². The number of hydrogen-bond acceptors (Lipinski definition) is 2. The lowest BCUT2D eigenvalue weighted by atomic mass is 9.86. The van der Waals surface area contributed by atoms with Gasteiger partial charge in [-0.3, -0.25) is 4.79 Å². The highest BCUT2D eigenvalue weighted by atomic mass is 16.1. The van der Waals surface area contributed by atoms with Crippen LogP contribution in [0.5, 0.6) is 0 Å². The number of nitrogens with zero attached hydrogens (tertiary/aromatic N) is 1. The molecule has 0 aliphatic rings. The zero-order valence-corrected chi connectivity index (χ0v) is 10.2. The minimum atomic E-state index is -0.569. The van der Waals surface area contributed by atoms with E-state index in [1.165, 1.54) is 5.56 Å². The fourth-order valence-electron chi connectivity index (χ4n) is 1.44. The predicted molar refractivity (Wildman–Crippen MR) is 64.2 cm³/mol. The normalized spacial score (nSPS) is 12.9. The average molecular weight is 215 g/mol. The molecule has 0 amide bonds. The minimum absolute atomic E-state index is 0.0857. The van der Waals surface area contributed by atoms with Crippen LogP contribution in [0.3, 0.4) is 0 Å². The molecule has 0 saturated heterocycles. The molecule has 0 saturated carbocycles. The molecule has 2 heteroatoms. The summed E-state index contributed by atoms with van der Waals surface area (Å²) in [6.07, 6.45) is 0. The third-order valence-corrected chi connectivity index (χ3v) is 2.62. The Labute approximate surface area is 96.9 Å². The first-order chi connectivity index (χ1) is 7.36. The van der Waals surface area contributed by atoms with Crippen LogP contribution in [0.15, 0.2) is 24.3 Å². The van der Waals surface area contributed by atoms with Crippen molar-refractivity contribution in [2.24, 2.45) is 5.92 Å². The summed E-state index contributed by atoms with van der Waals surface area (Å²) in [5.41, 5.74) is 1.89. The van der Waals surface area contributed by atoms with Crippen molar-refractivity contribution in [2.75, 3.05) is 0 Å². The van der Waals surface area contributed by atoms with E-state index in [1.54, 1.807) is 19.1 Å². The monoisotopic (exact) mass is 215 g/mol. The number of nitriles is 1. The largest absolute Gasteiger partial charge is 0.293 e. The van der Waals surface area contributed by atoms with Crippen LogP contribution in [-0.2, 0) is 5.41 Å². The second-order valence-electron chi connectivity index (χ2n) is 5.04. The van der Waals surface area contributed by atoms with Crippen molar-refractivity contribution < 1.29 is 4.79 Å². The zero-order valence-electron chi connectivity index (χ0n) is 10.2. The average Bonchev–Trinajstić information content (AvgIpc) is 2.26. The number of Topliss-reactive ketones (excluding diaryl/α,β-unsaturated/α-hetero) is 1. The van der Waals surface area contributed by atoms with E-state index in [9.17, 15) is 4.79 Å². The molecule has 1 rings (SSSR count). The van der Waals surface area contributed by atoms with Gasteiger partial charge in [-0.15, -0.1) is 0 Å². The van der Waals surface area contributed by atoms with Crippen LogP contribution in [0.4, 0.5) is 0 Å². The molecule has 0 bridgehead atoms. The summed E-state index contributed by atoms with van der Waals surface area (Å²) in [5, 5.41) is 8.68. The van der Waals surface area contributed by atoms with E-state index in [2.05, 4.69) is 20.8 Å². The first kappa shape index (κ1) is 12.4. The number of carbonyl (C=O) groups is 1. The molecule has 84 valence electrons. The summed E-state index contributed by atoms with van der Waals surface area (Å²) in [5.74, 6) is -0.677. The Morgan fingerprint density at radius 2 is 1.75 bits per heavy atom. The maximum absolute atomic E-state index is 11.7. The lowest BCUT2D eigenvalue weighted by Gasteiger charge is -2.19. The van der Waals surface area contributed by atoms with Crippen LogP contribution in [0, 0.1) is 17.2 Å². The van der Waals surface area contributed by atoms with Gasteiger partial charge < -0.3 is 0 Å². The number of ketones is 1. The molecule has 1 aromatic carbocycles. The van der Waals surface area contributed by atoms with Gasteiger partial charge in [-0.2, -0.15) is 5.26 Å². The summed E-state index contributed by atoms with van der Waals surface area (Å²) < 4.78 is 0. The highest BCUT2D eigenvalue weighted by Crippen LogP contribution is 2.22. The summed E-state index contributed by atoms with van der Waals surface area (Å²) in [4.78, 5) is 11.7. The maximum atomic E-state index is 11.7. The fraction of sp³-hybridized carbons (Fsp3) is 0.429. The van der Waals surface area contributed by atoms with Gasteiger partial charge in [0.05, 0.1) is 6.07 Å². The molecule has 0 aliphatic carbocycles. The van der Waals surface area contributed by atoms with Crippen molar-refractivity contribution in [3.63, 3.8) is 0 Å². The fourth-order valence-corrected chi connectivity index (χ4v) is 1.44. The Hall–Kier alpha value is -1.62. The van der Waals surface area contributed by atoms with Gasteiger partial charge in [0.1, 0.15) is 5.92 Å². The second kappa shape index (κ2) is 4.49. The van der Waals surface area contributed by atoms with E-state index in [-0.39, 0.29) is 11.2 Å². The van der Waals surface area contributed by atoms with Gasteiger partial charge in [0.2, 0.25) is 0 Å². The van der Waals surface area contributed by atoms with E-state index in [1.807, 2.05) is 18.2 Å². The number of rotatable bonds is 2. The van der Waals surface area contributed by atoms with Crippen molar-refractivity contribution in [3.05, 3.63) is 35.4 Å². The lowest BCUT2D eigenvalue weighted by molar-refractivity contribution is 0.0956. The van der Waals surface area contributed by atoms with E-state index >= 15 is 0 Å². The maximum Gasteiger partial charge on any atom is 0.179 e. The molecule has 0 N–H and O–H groups in total. The quantitative estimate of drug-likeness (QED) is 0.710. The second-order valence-corrected chi connectivity index (χ2v) is 5.04. The van der Waals surface area contributed by atoms with Crippen LogP contribution in [0.25, 0.3) is 0 Å². The van der Waals surface area contributed by atoms with Crippen molar-refractivity contribution in [1.82, 2.24) is 0 Å². The summed E-state index contributed by atoms with van der Waals surface area (Å²) in [6.45, 7) is 8.01. The third kappa shape index (κ3) is 2.70. The van der Waals surface area contributed by atoms with E-state index in [0.29, 0.717) is 5.56 Å². The summed E-state index contributed by atoms with van der Waals surface area (Å²) in [7, 11) is 0. The molecule has 1 unspecified atom stereocenters. The van der Waals surface area contributed by atoms with Crippen molar-refractivity contribution in [2.45, 2.75) is 33.1 Å². The Kier molecular flexibility index (Phi) is 3.49. The standard InChI is InChI=1S/C14H17NO/c1-10(9-15)13(16)11-5-7-12(8-6-11)14(2,3)4/h5-8,10H,1-4H3. The van der Waals surface area contributed by atoms with Crippen LogP contribution in [-0.4, -0.2) is 5.78 Å². The molecule has 0 fully saturated rings. The van der Waals surface area contributed by atoms with Crippen molar-refractivity contribution in [1.29, 1.82) is 5.26 Å². The highest BCUT2D eigenvalue weighted by molar-refractivity contribution is 5.99. The Morgan fingerprint density at radius 3 is 2.12 bits per heavy atom. The summed E-state index contributed by atoms with van der Waals surface area (Å²) >= 11 is 0. The molecule has 0 heterocycles. The Morgan fingerprint density at radius 1 is 1.25 bits per heavy atom. The first-order valence-corrected chi connectivity index (χ1v) is 5.40. The Bertz CT molecular complexity index is 418. The molecule has 16 heavy (non-hydrogen) atoms. The lowest BCUT2D eigenvalue weighted by Crippen LogP contribution is -2.13. The van der Waals surface area contributed by atoms with Crippen LogP contribution >= 0.6 is 0 Å². The van der Waals surface area contributed by atoms with Gasteiger partial charge >= 0.3 is 0 Å². The molecular weight excluding hydrogens is 198 g/mol. The van der Waals surface area contributed by atoms with Gasteiger partial charge in [-0.25, -0.2) is 0 Å². The van der Waals surface area contributed by atoms with Gasteiger partial charge in [0.25, 0.3) is 0 Å². The first-order valence-electron chi connectivity index (χ1n) is 5.40. The smallest absolute Gasteiger partial charge is 0.179 e. The molecule has 1 atom stereocenters. The molecule has 0 spiro atoms. The summed E-state index contributed by atoms with van der Waals surface area (Å²) in [6, 6.07) is 9.47. The molecule has 1 aromatic rings. The Balaban J connectivity index is 2.97. The van der Waals surface area contributed by atoms with Gasteiger partial charge in [0.15, 0.2) is 5.78 Å². The molecule has 0 aliphatic heterocycles. The number of benzene rings is 1. The van der Waals surface area contributed by atoms with E-state index in [4.69, 9.17) is 5.26 Å². The SMILES string of the molecule is CC(C#N)C(=O)c1ccc(C(C)(C)C)cc1. The van der Waals surface area contributed by atoms with E-state index in [0.717, 1.165) is 0 Å². The van der Waals surface area contributed by atoms with Crippen molar-refractivity contribution in [3.8, 4) is 6.07 Å². The number of carbonyl (C=O) groups excluding carboxylic acids is 1. The minimum Gasteiger partial charge on any atom is -0.293 e. The van der Waals surface area contributed by atoms with Crippen LogP contribution in [0.2, 0.25) is 0 Å². The van der Waals surface area contributed by atoms with Gasteiger partial charge in [-0.05, 0) is 17.9 Å². The van der Waals surface area contributed by atoms with Crippen molar-refractivity contribution >= 4 is 5.78 Å². The molecule has 0 aromatic heterocycles. The van der Waals surface area contributed by atoms with Gasteiger partial charge in [0, 0.05) is 5.56 Å². The zero-order chi connectivity index (χ0) is 12.3. The molecular formula is C14H17NO. The van der Waals surface area contributed by atoms with Crippen LogP contribution in [0.1, 0.15) is 43.6 Å². The molecule has 0 radical (unpaired) electrons. The molecule has 2 nitrogen and oxygen atoms in total.